The number of nitro groups is 1. The molecule has 1 aliphatic rings. The van der Waals surface area contributed by atoms with Crippen LogP contribution in [-0.4, -0.2) is 43.7 Å². The largest absolute Gasteiger partial charge is 0.465 e. The summed E-state index contributed by atoms with van der Waals surface area (Å²) in [6, 6.07) is 9.68. The molecule has 1 aliphatic carbocycles. The first kappa shape index (κ1) is 22.2. The number of benzene rings is 1. The van der Waals surface area contributed by atoms with Crippen LogP contribution in [0.15, 0.2) is 42.7 Å². The van der Waals surface area contributed by atoms with Crippen LogP contribution in [0.4, 0.5) is 22.2 Å². The standard InChI is InChI=1S/C22H25N7O4/c30-22(31)27-16-8-6-14(7-9-16)11-24-20-19(29(32)33)13-26-21(28-20)25-12-15-3-1-5-18-17(15)4-2-10-23-18/h1-5,10,13-14,16,27H,6-9,11-12H2,(H,30,31)(H2,24,25,26,28). The van der Waals surface area contributed by atoms with Crippen molar-refractivity contribution in [2.45, 2.75) is 38.3 Å². The van der Waals surface area contributed by atoms with E-state index in [0.29, 0.717) is 19.0 Å². The molecule has 1 saturated carbocycles. The van der Waals surface area contributed by atoms with Gasteiger partial charge in [-0.3, -0.25) is 15.1 Å². The van der Waals surface area contributed by atoms with E-state index in [1.54, 1.807) is 6.20 Å². The van der Waals surface area contributed by atoms with Gasteiger partial charge in [-0.15, -0.1) is 0 Å². The third-order valence-electron chi connectivity index (χ3n) is 5.87. The van der Waals surface area contributed by atoms with Crippen molar-refractivity contribution in [3.05, 3.63) is 58.4 Å². The van der Waals surface area contributed by atoms with E-state index in [1.165, 1.54) is 6.20 Å². The third-order valence-corrected chi connectivity index (χ3v) is 5.87. The van der Waals surface area contributed by atoms with Gasteiger partial charge in [0.25, 0.3) is 0 Å². The highest BCUT2D eigenvalue weighted by Gasteiger charge is 2.24. The van der Waals surface area contributed by atoms with Gasteiger partial charge in [0, 0.05) is 30.7 Å². The topological polar surface area (TPSA) is 155 Å². The molecule has 3 aromatic rings. The summed E-state index contributed by atoms with van der Waals surface area (Å²) < 4.78 is 0. The smallest absolute Gasteiger partial charge is 0.404 e. The van der Waals surface area contributed by atoms with Gasteiger partial charge in [-0.05, 0) is 49.3 Å². The molecule has 11 heteroatoms. The fourth-order valence-corrected chi connectivity index (χ4v) is 4.15. The van der Waals surface area contributed by atoms with Crippen molar-refractivity contribution in [2.24, 2.45) is 5.92 Å². The molecule has 0 aliphatic heterocycles. The van der Waals surface area contributed by atoms with Crippen molar-refractivity contribution in [3.63, 3.8) is 0 Å². The van der Waals surface area contributed by atoms with Gasteiger partial charge in [0.1, 0.15) is 6.20 Å². The van der Waals surface area contributed by atoms with Crippen molar-refractivity contribution < 1.29 is 14.8 Å². The fourth-order valence-electron chi connectivity index (χ4n) is 4.15. The predicted octanol–water partition coefficient (Wildman–Crippen LogP) is 3.78. The van der Waals surface area contributed by atoms with E-state index in [0.717, 1.165) is 42.1 Å². The van der Waals surface area contributed by atoms with Crippen LogP contribution in [0.2, 0.25) is 0 Å². The summed E-state index contributed by atoms with van der Waals surface area (Å²) in [4.78, 5) is 34.5. The average molecular weight is 451 g/mol. The number of pyridine rings is 1. The van der Waals surface area contributed by atoms with Crippen LogP contribution in [0.25, 0.3) is 10.9 Å². The molecule has 4 N–H and O–H groups in total. The second-order valence-corrected chi connectivity index (χ2v) is 8.07. The van der Waals surface area contributed by atoms with Crippen molar-refractivity contribution in [1.29, 1.82) is 0 Å². The lowest BCUT2D eigenvalue weighted by molar-refractivity contribution is -0.384. The number of anilines is 2. The van der Waals surface area contributed by atoms with Gasteiger partial charge in [0.2, 0.25) is 11.8 Å². The second kappa shape index (κ2) is 10.1. The van der Waals surface area contributed by atoms with Crippen LogP contribution in [-0.2, 0) is 6.54 Å². The first-order chi connectivity index (χ1) is 16.0. The second-order valence-electron chi connectivity index (χ2n) is 8.07. The number of aromatic nitrogens is 3. The Morgan fingerprint density at radius 2 is 1.94 bits per heavy atom. The molecule has 2 heterocycles. The van der Waals surface area contributed by atoms with Crippen LogP contribution in [0.5, 0.6) is 0 Å². The van der Waals surface area contributed by atoms with Crippen molar-refractivity contribution in [2.75, 3.05) is 17.2 Å². The number of hydrogen-bond donors (Lipinski definition) is 4. The third kappa shape index (κ3) is 5.62. The molecule has 0 bridgehead atoms. The summed E-state index contributed by atoms with van der Waals surface area (Å²) in [6.07, 6.45) is 5.10. The van der Waals surface area contributed by atoms with E-state index in [1.807, 2.05) is 30.3 Å². The average Bonchev–Trinajstić information content (AvgIpc) is 2.82. The molecule has 33 heavy (non-hydrogen) atoms. The molecule has 1 fully saturated rings. The minimum absolute atomic E-state index is 0.0350. The molecule has 1 aromatic carbocycles. The number of hydrogen-bond acceptors (Lipinski definition) is 8. The van der Waals surface area contributed by atoms with Crippen LogP contribution >= 0.6 is 0 Å². The number of nitrogens with zero attached hydrogens (tertiary/aromatic N) is 4. The highest BCUT2D eigenvalue weighted by molar-refractivity contribution is 5.82. The molecule has 172 valence electrons. The fraction of sp³-hybridized carbons (Fsp3) is 0.364. The van der Waals surface area contributed by atoms with E-state index in [2.05, 4.69) is 30.9 Å². The minimum atomic E-state index is -1.01. The van der Waals surface area contributed by atoms with Gasteiger partial charge in [-0.1, -0.05) is 18.2 Å². The number of nitrogens with one attached hydrogen (secondary N) is 3. The molecule has 0 radical (unpaired) electrons. The Hall–Kier alpha value is -4.02. The van der Waals surface area contributed by atoms with Gasteiger partial charge in [-0.2, -0.15) is 4.98 Å². The molecule has 1 amide bonds. The summed E-state index contributed by atoms with van der Waals surface area (Å²) in [5, 5.41) is 30.1. The first-order valence-corrected chi connectivity index (χ1v) is 10.8. The highest BCUT2D eigenvalue weighted by atomic mass is 16.6. The summed E-state index contributed by atoms with van der Waals surface area (Å²) in [6.45, 7) is 0.965. The molecular formula is C22H25N7O4. The Kier molecular flexibility index (Phi) is 6.77. The Balaban J connectivity index is 1.40. The maximum Gasteiger partial charge on any atom is 0.404 e. The van der Waals surface area contributed by atoms with Crippen LogP contribution < -0.4 is 16.0 Å². The summed E-state index contributed by atoms with van der Waals surface area (Å²) in [7, 11) is 0. The summed E-state index contributed by atoms with van der Waals surface area (Å²) in [5.74, 6) is 0.743. The van der Waals surface area contributed by atoms with Gasteiger partial charge in [0.15, 0.2) is 0 Å². The van der Waals surface area contributed by atoms with Gasteiger partial charge in [0.05, 0.1) is 10.4 Å². The lowest BCUT2D eigenvalue weighted by Crippen LogP contribution is -2.37. The molecule has 0 atom stereocenters. The van der Waals surface area contributed by atoms with Crippen molar-refractivity contribution in [3.8, 4) is 0 Å². The molecule has 0 saturated heterocycles. The van der Waals surface area contributed by atoms with Crippen LogP contribution in [0, 0.1) is 16.0 Å². The number of rotatable bonds is 8. The van der Waals surface area contributed by atoms with E-state index in [-0.39, 0.29) is 23.5 Å². The van der Waals surface area contributed by atoms with E-state index >= 15 is 0 Å². The molecule has 4 rings (SSSR count). The number of carboxylic acid groups (broad SMARTS) is 1. The molecule has 0 unspecified atom stereocenters. The normalized spacial score (nSPS) is 17.9. The maximum absolute atomic E-state index is 11.4. The van der Waals surface area contributed by atoms with Gasteiger partial charge < -0.3 is 21.1 Å². The molecular weight excluding hydrogens is 426 g/mol. The predicted molar refractivity (Wildman–Crippen MR) is 123 cm³/mol. The van der Waals surface area contributed by atoms with Crippen molar-refractivity contribution in [1.82, 2.24) is 20.3 Å². The lowest BCUT2D eigenvalue weighted by atomic mass is 9.86. The van der Waals surface area contributed by atoms with E-state index < -0.39 is 11.0 Å². The number of carbonyl (C=O) groups is 1. The first-order valence-electron chi connectivity index (χ1n) is 10.8. The van der Waals surface area contributed by atoms with Crippen LogP contribution in [0.1, 0.15) is 31.2 Å². The van der Waals surface area contributed by atoms with Gasteiger partial charge in [-0.25, -0.2) is 9.78 Å². The highest BCUT2D eigenvalue weighted by Crippen LogP contribution is 2.27. The SMILES string of the molecule is O=C(O)NC1CCC(CNc2nc(NCc3cccc4ncccc34)ncc2[N+](=O)[O-])CC1. The summed E-state index contributed by atoms with van der Waals surface area (Å²) >= 11 is 0. The monoisotopic (exact) mass is 451 g/mol. The zero-order valence-corrected chi connectivity index (χ0v) is 17.9. The number of amides is 1. The molecule has 0 spiro atoms. The van der Waals surface area contributed by atoms with E-state index in [4.69, 9.17) is 5.11 Å². The van der Waals surface area contributed by atoms with Gasteiger partial charge >= 0.3 is 11.8 Å². The minimum Gasteiger partial charge on any atom is -0.465 e. The molecule has 2 aromatic heterocycles. The van der Waals surface area contributed by atoms with Crippen LogP contribution in [0.3, 0.4) is 0 Å². The Bertz CT molecular complexity index is 1140. The molecule has 11 nitrogen and oxygen atoms in total. The Labute approximate surface area is 189 Å². The summed E-state index contributed by atoms with van der Waals surface area (Å²) in [5.41, 5.74) is 1.72. The zero-order valence-electron chi connectivity index (χ0n) is 17.9. The quantitative estimate of drug-likeness (QED) is 0.296. The maximum atomic E-state index is 11.4. The Morgan fingerprint density at radius 1 is 1.12 bits per heavy atom. The Morgan fingerprint density at radius 3 is 2.70 bits per heavy atom. The number of fused-ring (bicyclic) bond motifs is 1. The van der Waals surface area contributed by atoms with E-state index in [9.17, 15) is 14.9 Å². The van der Waals surface area contributed by atoms with Crippen molar-refractivity contribution >= 4 is 34.4 Å². The zero-order chi connectivity index (χ0) is 23.2. The lowest BCUT2D eigenvalue weighted by Gasteiger charge is -2.28.